The van der Waals surface area contributed by atoms with Crippen molar-refractivity contribution in [1.82, 2.24) is 14.8 Å². The van der Waals surface area contributed by atoms with Crippen molar-refractivity contribution < 1.29 is 22.8 Å². The van der Waals surface area contributed by atoms with Crippen molar-refractivity contribution in [2.75, 3.05) is 10.2 Å². The molecule has 11 heteroatoms. The smallest absolute Gasteiger partial charge is 0.322 e. The van der Waals surface area contributed by atoms with Gasteiger partial charge in [0.15, 0.2) is 5.16 Å². The average Bonchev–Trinajstić information content (AvgIpc) is 2.96. The molecule has 150 valence electrons. The van der Waals surface area contributed by atoms with Gasteiger partial charge in [0.25, 0.3) is 0 Å². The number of rotatable bonds is 3. The molecule has 0 radical (unpaired) electrons. The second-order valence-electron chi connectivity index (χ2n) is 6.83. The van der Waals surface area contributed by atoms with Crippen LogP contribution in [-0.4, -0.2) is 37.4 Å². The molecule has 1 aliphatic rings. The van der Waals surface area contributed by atoms with Crippen LogP contribution in [0.15, 0.2) is 29.4 Å². The average molecular weight is 413 g/mol. The molecule has 1 atom stereocenters. The van der Waals surface area contributed by atoms with Gasteiger partial charge in [-0.15, -0.1) is 10.2 Å². The fourth-order valence-corrected chi connectivity index (χ4v) is 3.76. The lowest BCUT2D eigenvalue weighted by Crippen LogP contribution is -2.60. The summed E-state index contributed by atoms with van der Waals surface area (Å²) in [7, 11) is 1.19. The van der Waals surface area contributed by atoms with Crippen LogP contribution in [-0.2, 0) is 22.8 Å². The van der Waals surface area contributed by atoms with E-state index in [-0.39, 0.29) is 11.1 Å². The molecule has 0 saturated carbocycles. The summed E-state index contributed by atoms with van der Waals surface area (Å²) in [6.07, 6.45) is -4.64. The standard InChI is InChI=1S/C17H18F3N5O2S/c1-9(28-15-23-22-13(24(15)4)17(18,19)20)12(26)25-11-8-6-5-7-10(11)21-14(27)16(25,2)3/h5-9H,1-4H3,(H,21,27). The Hall–Kier alpha value is -2.56. The van der Waals surface area contributed by atoms with E-state index in [0.717, 1.165) is 16.3 Å². The maximum absolute atomic E-state index is 13.2. The van der Waals surface area contributed by atoms with Gasteiger partial charge in [-0.2, -0.15) is 13.2 Å². The van der Waals surface area contributed by atoms with Crippen molar-refractivity contribution in [3.63, 3.8) is 0 Å². The number of halogens is 3. The molecule has 1 N–H and O–H groups in total. The van der Waals surface area contributed by atoms with E-state index in [1.165, 1.54) is 11.9 Å². The Bertz CT molecular complexity index is 941. The molecule has 0 bridgehead atoms. The number of para-hydroxylation sites is 2. The second-order valence-corrected chi connectivity index (χ2v) is 8.13. The molecule has 2 amide bonds. The number of amides is 2. The number of carbonyl (C=O) groups excluding carboxylic acids is 2. The van der Waals surface area contributed by atoms with E-state index in [0.29, 0.717) is 11.4 Å². The normalized spacial score (nSPS) is 17.1. The summed E-state index contributed by atoms with van der Waals surface area (Å²) in [6, 6.07) is 6.86. The SMILES string of the molecule is CC(Sc1nnc(C(F)(F)F)n1C)C(=O)N1c2ccccc2NC(=O)C1(C)C. The van der Waals surface area contributed by atoms with Crippen LogP contribution in [0.3, 0.4) is 0 Å². The van der Waals surface area contributed by atoms with Crippen LogP contribution in [0.4, 0.5) is 24.5 Å². The fraction of sp³-hybridized carbons (Fsp3) is 0.412. The topological polar surface area (TPSA) is 80.1 Å². The molecule has 1 aliphatic heterocycles. The zero-order valence-electron chi connectivity index (χ0n) is 15.5. The molecule has 2 heterocycles. The summed E-state index contributed by atoms with van der Waals surface area (Å²) in [5.41, 5.74) is -0.147. The van der Waals surface area contributed by atoms with Crippen LogP contribution < -0.4 is 10.2 Å². The van der Waals surface area contributed by atoms with Crippen LogP contribution in [0.25, 0.3) is 0 Å². The molecule has 1 aromatic heterocycles. The van der Waals surface area contributed by atoms with Gasteiger partial charge in [0.05, 0.1) is 16.6 Å². The molecule has 1 aromatic carbocycles. The third-order valence-corrected chi connectivity index (χ3v) is 5.57. The number of carbonyl (C=O) groups is 2. The quantitative estimate of drug-likeness (QED) is 0.783. The number of aromatic nitrogens is 3. The van der Waals surface area contributed by atoms with Gasteiger partial charge in [0.1, 0.15) is 5.54 Å². The van der Waals surface area contributed by atoms with E-state index < -0.39 is 28.7 Å². The van der Waals surface area contributed by atoms with E-state index in [4.69, 9.17) is 0 Å². The Morgan fingerprint density at radius 3 is 2.50 bits per heavy atom. The highest BCUT2D eigenvalue weighted by atomic mass is 32.2. The molecule has 0 fully saturated rings. The number of hydrogen-bond donors (Lipinski definition) is 1. The van der Waals surface area contributed by atoms with Gasteiger partial charge in [-0.05, 0) is 32.9 Å². The first-order chi connectivity index (χ1) is 12.9. The third kappa shape index (κ3) is 3.34. The minimum atomic E-state index is -4.64. The minimum Gasteiger partial charge on any atom is -0.322 e. The predicted molar refractivity (Wildman–Crippen MR) is 98.0 cm³/mol. The highest BCUT2D eigenvalue weighted by molar-refractivity contribution is 8.00. The zero-order chi connectivity index (χ0) is 20.9. The molecule has 0 saturated heterocycles. The molecule has 28 heavy (non-hydrogen) atoms. The second kappa shape index (κ2) is 6.80. The van der Waals surface area contributed by atoms with Crippen molar-refractivity contribution in [3.8, 4) is 0 Å². The van der Waals surface area contributed by atoms with Gasteiger partial charge in [-0.1, -0.05) is 23.9 Å². The summed E-state index contributed by atoms with van der Waals surface area (Å²) >= 11 is 0.852. The summed E-state index contributed by atoms with van der Waals surface area (Å²) < 4.78 is 39.5. The monoisotopic (exact) mass is 413 g/mol. The molecular weight excluding hydrogens is 395 g/mol. The number of thioether (sulfide) groups is 1. The fourth-order valence-electron chi connectivity index (χ4n) is 2.90. The molecule has 2 aromatic rings. The van der Waals surface area contributed by atoms with Crippen LogP contribution in [0, 0.1) is 0 Å². The van der Waals surface area contributed by atoms with Crippen LogP contribution in [0.5, 0.6) is 0 Å². The third-order valence-electron chi connectivity index (χ3n) is 4.45. The lowest BCUT2D eigenvalue weighted by molar-refractivity contribution is -0.147. The Balaban J connectivity index is 1.91. The van der Waals surface area contributed by atoms with E-state index in [1.54, 1.807) is 45.0 Å². The van der Waals surface area contributed by atoms with Crippen molar-refractivity contribution in [1.29, 1.82) is 0 Å². The number of nitrogens with zero attached hydrogens (tertiary/aromatic N) is 4. The number of anilines is 2. The summed E-state index contributed by atoms with van der Waals surface area (Å²) in [5.74, 6) is -1.92. The van der Waals surface area contributed by atoms with Gasteiger partial charge in [-0.3, -0.25) is 14.5 Å². The lowest BCUT2D eigenvalue weighted by atomic mass is 9.96. The number of hydrogen-bond acceptors (Lipinski definition) is 5. The lowest BCUT2D eigenvalue weighted by Gasteiger charge is -2.43. The Morgan fingerprint density at radius 1 is 1.25 bits per heavy atom. The first kappa shape index (κ1) is 20.2. The maximum Gasteiger partial charge on any atom is 0.451 e. The molecule has 7 nitrogen and oxygen atoms in total. The van der Waals surface area contributed by atoms with Crippen molar-refractivity contribution in [2.24, 2.45) is 7.05 Å². The zero-order valence-corrected chi connectivity index (χ0v) is 16.4. The maximum atomic E-state index is 13.2. The Kier molecular flexibility index (Phi) is 4.90. The number of alkyl halides is 3. The highest BCUT2D eigenvalue weighted by Gasteiger charge is 2.45. The minimum absolute atomic E-state index is 0.0410. The number of benzene rings is 1. The highest BCUT2D eigenvalue weighted by Crippen LogP contribution is 2.39. The largest absolute Gasteiger partial charge is 0.451 e. The molecule has 0 aliphatic carbocycles. The van der Waals surface area contributed by atoms with Gasteiger partial charge in [-0.25, -0.2) is 0 Å². The van der Waals surface area contributed by atoms with Gasteiger partial charge >= 0.3 is 6.18 Å². The van der Waals surface area contributed by atoms with Crippen LogP contribution >= 0.6 is 11.8 Å². The molecule has 3 rings (SSSR count). The predicted octanol–water partition coefficient (Wildman–Crippen LogP) is 3.08. The first-order valence-electron chi connectivity index (χ1n) is 8.32. The Morgan fingerprint density at radius 2 is 1.89 bits per heavy atom. The summed E-state index contributed by atoms with van der Waals surface area (Å²) in [4.78, 5) is 27.0. The van der Waals surface area contributed by atoms with E-state index in [9.17, 15) is 22.8 Å². The van der Waals surface area contributed by atoms with Gasteiger partial charge < -0.3 is 9.88 Å². The van der Waals surface area contributed by atoms with E-state index >= 15 is 0 Å². The molecule has 0 spiro atoms. The molecular formula is C17H18F3N5O2S. The molecule has 1 unspecified atom stereocenters. The Labute approximate surface area is 163 Å². The van der Waals surface area contributed by atoms with Gasteiger partial charge in [0, 0.05) is 7.05 Å². The summed E-state index contributed by atoms with van der Waals surface area (Å²) in [5, 5.41) is 8.63. The summed E-state index contributed by atoms with van der Waals surface area (Å²) in [6.45, 7) is 4.77. The van der Waals surface area contributed by atoms with Crippen molar-refractivity contribution >= 4 is 35.0 Å². The number of fused-ring (bicyclic) bond motifs is 1. The van der Waals surface area contributed by atoms with Crippen LogP contribution in [0.1, 0.15) is 26.6 Å². The van der Waals surface area contributed by atoms with Crippen LogP contribution in [0.2, 0.25) is 0 Å². The van der Waals surface area contributed by atoms with Gasteiger partial charge in [0.2, 0.25) is 17.6 Å². The van der Waals surface area contributed by atoms with E-state index in [1.807, 2.05) is 0 Å². The van der Waals surface area contributed by atoms with Crippen molar-refractivity contribution in [3.05, 3.63) is 30.1 Å². The van der Waals surface area contributed by atoms with Crippen molar-refractivity contribution in [2.45, 2.75) is 42.9 Å². The number of nitrogens with one attached hydrogen (secondary N) is 1. The van der Waals surface area contributed by atoms with E-state index in [2.05, 4.69) is 15.5 Å². The first-order valence-corrected chi connectivity index (χ1v) is 9.20.